The molecule has 2 N–H and O–H groups in total. The van der Waals surface area contributed by atoms with Crippen molar-refractivity contribution < 1.29 is 9.53 Å². The maximum absolute atomic E-state index is 11.6. The summed E-state index contributed by atoms with van der Waals surface area (Å²) in [6.45, 7) is 10.2. The van der Waals surface area contributed by atoms with Crippen LogP contribution in [-0.4, -0.2) is 45.3 Å². The van der Waals surface area contributed by atoms with Gasteiger partial charge in [0.1, 0.15) is 0 Å². The van der Waals surface area contributed by atoms with Crippen LogP contribution >= 0.6 is 11.6 Å². The van der Waals surface area contributed by atoms with Crippen molar-refractivity contribution in [2.24, 2.45) is 0 Å². The number of nitrogens with zero attached hydrogens (tertiary/aromatic N) is 1. The quantitative estimate of drug-likeness (QED) is 0.873. The Hall–Kier alpha value is -1.30. The van der Waals surface area contributed by atoms with Gasteiger partial charge < -0.3 is 20.3 Å². The lowest BCUT2D eigenvalue weighted by atomic mass is 10.2. The Balaban J connectivity index is 0.00000116. The summed E-state index contributed by atoms with van der Waals surface area (Å²) in [6, 6.07) is 5.60. The molecule has 1 saturated heterocycles. The highest BCUT2D eigenvalue weighted by atomic mass is 35.5. The zero-order valence-corrected chi connectivity index (χ0v) is 14.4. The Morgan fingerprint density at radius 3 is 2.59 bits per heavy atom. The van der Waals surface area contributed by atoms with Crippen molar-refractivity contribution in [3.8, 4) is 0 Å². The Morgan fingerprint density at radius 1 is 1.32 bits per heavy atom. The number of carbonyl (C=O) groups excluding carboxylic acids is 1. The van der Waals surface area contributed by atoms with Crippen molar-refractivity contribution in [2.45, 2.75) is 20.8 Å². The molecule has 0 saturated carbocycles. The summed E-state index contributed by atoms with van der Waals surface area (Å²) in [5, 5.41) is 6.44. The Morgan fingerprint density at radius 2 is 2.00 bits per heavy atom. The van der Waals surface area contributed by atoms with E-state index in [1.807, 2.05) is 32.9 Å². The molecule has 1 aliphatic rings. The third-order valence-electron chi connectivity index (χ3n) is 3.12. The molecule has 22 heavy (non-hydrogen) atoms. The smallest absolute Gasteiger partial charge is 0.238 e. The van der Waals surface area contributed by atoms with Crippen molar-refractivity contribution in [3.63, 3.8) is 0 Å². The lowest BCUT2D eigenvalue weighted by Crippen LogP contribution is -2.36. The van der Waals surface area contributed by atoms with E-state index in [1.54, 1.807) is 6.07 Å². The number of likely N-dealkylation sites (N-methyl/N-ethyl adjacent to an activating group) is 1. The van der Waals surface area contributed by atoms with Gasteiger partial charge in [-0.25, -0.2) is 0 Å². The molecule has 0 unspecified atom stereocenters. The predicted molar refractivity (Wildman–Crippen MR) is 93.0 cm³/mol. The highest BCUT2D eigenvalue weighted by Gasteiger charge is 2.14. The highest BCUT2D eigenvalue weighted by molar-refractivity contribution is 6.33. The number of hydrogen-bond donors (Lipinski definition) is 2. The predicted octanol–water partition coefficient (Wildman–Crippen LogP) is 2.75. The third kappa shape index (κ3) is 5.83. The Labute approximate surface area is 138 Å². The van der Waals surface area contributed by atoms with E-state index < -0.39 is 0 Å². The number of carbonyl (C=O) groups is 1. The zero-order valence-electron chi connectivity index (χ0n) is 13.6. The first-order valence-corrected chi connectivity index (χ1v) is 8.21. The van der Waals surface area contributed by atoms with Crippen LogP contribution in [0.2, 0.25) is 5.02 Å². The van der Waals surface area contributed by atoms with Gasteiger partial charge in [0.05, 0.1) is 30.5 Å². The number of morpholine rings is 1. The average Bonchev–Trinajstić information content (AvgIpc) is 2.56. The molecule has 5 nitrogen and oxygen atoms in total. The maximum Gasteiger partial charge on any atom is 0.238 e. The van der Waals surface area contributed by atoms with Crippen molar-refractivity contribution in [2.75, 3.05) is 49.6 Å². The first kappa shape index (κ1) is 18.7. The number of ether oxygens (including phenoxy) is 1. The van der Waals surface area contributed by atoms with E-state index in [0.717, 1.165) is 44.2 Å². The minimum Gasteiger partial charge on any atom is -0.378 e. The van der Waals surface area contributed by atoms with E-state index in [1.165, 1.54) is 0 Å². The van der Waals surface area contributed by atoms with Crippen LogP contribution in [0.1, 0.15) is 20.8 Å². The number of halogens is 1. The van der Waals surface area contributed by atoms with Gasteiger partial charge >= 0.3 is 0 Å². The van der Waals surface area contributed by atoms with Crippen LogP contribution in [0.25, 0.3) is 0 Å². The SMILES string of the molecule is CC.CCNCC(=O)Nc1ccc(N2CCOCC2)c(Cl)c1. The summed E-state index contributed by atoms with van der Waals surface area (Å²) in [4.78, 5) is 13.8. The molecule has 1 fully saturated rings. The Kier molecular flexibility index (Phi) is 8.89. The van der Waals surface area contributed by atoms with Gasteiger partial charge in [-0.1, -0.05) is 32.4 Å². The van der Waals surface area contributed by atoms with E-state index in [-0.39, 0.29) is 5.91 Å². The van der Waals surface area contributed by atoms with E-state index in [0.29, 0.717) is 11.6 Å². The molecule has 0 aliphatic carbocycles. The van der Waals surface area contributed by atoms with Crippen molar-refractivity contribution in [1.82, 2.24) is 5.32 Å². The van der Waals surface area contributed by atoms with Crippen LogP contribution in [0.4, 0.5) is 11.4 Å². The summed E-state index contributed by atoms with van der Waals surface area (Å²) >= 11 is 6.30. The van der Waals surface area contributed by atoms with Gasteiger partial charge in [0.2, 0.25) is 5.91 Å². The minimum atomic E-state index is -0.0676. The van der Waals surface area contributed by atoms with Crippen LogP contribution < -0.4 is 15.5 Å². The van der Waals surface area contributed by atoms with Gasteiger partial charge in [-0.05, 0) is 24.7 Å². The molecule has 124 valence electrons. The molecule has 0 radical (unpaired) electrons. The molecule has 1 aromatic rings. The summed E-state index contributed by atoms with van der Waals surface area (Å²) in [5.74, 6) is -0.0676. The van der Waals surface area contributed by atoms with Gasteiger partial charge in [0.25, 0.3) is 0 Å². The lowest BCUT2D eigenvalue weighted by Gasteiger charge is -2.29. The van der Waals surface area contributed by atoms with Crippen molar-refractivity contribution >= 4 is 28.9 Å². The molecule has 1 heterocycles. The second-order valence-electron chi connectivity index (χ2n) is 4.59. The largest absolute Gasteiger partial charge is 0.378 e. The monoisotopic (exact) mass is 327 g/mol. The Bertz CT molecular complexity index is 463. The summed E-state index contributed by atoms with van der Waals surface area (Å²) < 4.78 is 5.33. The number of benzene rings is 1. The highest BCUT2D eigenvalue weighted by Crippen LogP contribution is 2.29. The third-order valence-corrected chi connectivity index (χ3v) is 3.42. The molecule has 1 aromatic carbocycles. The first-order valence-electron chi connectivity index (χ1n) is 7.83. The molecule has 0 aromatic heterocycles. The molecule has 0 spiro atoms. The number of hydrogen-bond acceptors (Lipinski definition) is 4. The maximum atomic E-state index is 11.6. The fraction of sp³-hybridized carbons (Fsp3) is 0.562. The molecule has 1 aliphatic heterocycles. The average molecular weight is 328 g/mol. The second kappa shape index (κ2) is 10.4. The lowest BCUT2D eigenvalue weighted by molar-refractivity contribution is -0.115. The van der Waals surface area contributed by atoms with Gasteiger partial charge in [0, 0.05) is 18.8 Å². The first-order chi connectivity index (χ1) is 10.7. The van der Waals surface area contributed by atoms with Gasteiger partial charge in [-0.2, -0.15) is 0 Å². The number of nitrogens with one attached hydrogen (secondary N) is 2. The minimum absolute atomic E-state index is 0.0676. The van der Waals surface area contributed by atoms with Crippen LogP contribution in [0.3, 0.4) is 0 Å². The van der Waals surface area contributed by atoms with Gasteiger partial charge in [-0.3, -0.25) is 4.79 Å². The molecular formula is C16H26ClN3O2. The van der Waals surface area contributed by atoms with E-state index >= 15 is 0 Å². The second-order valence-corrected chi connectivity index (χ2v) is 5.00. The van der Waals surface area contributed by atoms with E-state index in [2.05, 4.69) is 15.5 Å². The molecular weight excluding hydrogens is 302 g/mol. The molecule has 0 bridgehead atoms. The number of rotatable bonds is 5. The van der Waals surface area contributed by atoms with Crippen LogP contribution in [0.5, 0.6) is 0 Å². The topological polar surface area (TPSA) is 53.6 Å². The molecule has 1 amide bonds. The van der Waals surface area contributed by atoms with Crippen LogP contribution in [0, 0.1) is 0 Å². The summed E-state index contributed by atoms with van der Waals surface area (Å²) in [5.41, 5.74) is 1.70. The summed E-state index contributed by atoms with van der Waals surface area (Å²) in [6.07, 6.45) is 0. The standard InChI is InChI=1S/C14H20ClN3O2.C2H6/c1-2-16-10-14(19)17-11-3-4-13(12(15)9-11)18-5-7-20-8-6-18;1-2/h3-4,9,16H,2,5-8,10H2,1H3,(H,17,19);1-2H3. The fourth-order valence-electron chi connectivity index (χ4n) is 2.09. The zero-order chi connectivity index (χ0) is 16.4. The number of anilines is 2. The van der Waals surface area contributed by atoms with Gasteiger partial charge in [0.15, 0.2) is 0 Å². The van der Waals surface area contributed by atoms with Crippen molar-refractivity contribution in [3.05, 3.63) is 23.2 Å². The van der Waals surface area contributed by atoms with Crippen LogP contribution in [0.15, 0.2) is 18.2 Å². The normalized spacial score (nSPS) is 14.1. The molecule has 2 rings (SSSR count). The van der Waals surface area contributed by atoms with Gasteiger partial charge in [-0.15, -0.1) is 0 Å². The van der Waals surface area contributed by atoms with E-state index in [4.69, 9.17) is 16.3 Å². The number of amides is 1. The van der Waals surface area contributed by atoms with E-state index in [9.17, 15) is 4.79 Å². The summed E-state index contributed by atoms with van der Waals surface area (Å²) in [7, 11) is 0. The fourth-order valence-corrected chi connectivity index (χ4v) is 2.39. The molecule has 6 heteroatoms. The molecule has 0 atom stereocenters. The van der Waals surface area contributed by atoms with Crippen LogP contribution in [-0.2, 0) is 9.53 Å². The van der Waals surface area contributed by atoms with Crippen molar-refractivity contribution in [1.29, 1.82) is 0 Å².